The zero-order chi connectivity index (χ0) is 22.1. The molecule has 1 saturated carbocycles. The summed E-state index contributed by atoms with van der Waals surface area (Å²) in [6.45, 7) is 3.02. The summed E-state index contributed by atoms with van der Waals surface area (Å²) in [6.07, 6.45) is 4.32. The molecule has 32 heavy (non-hydrogen) atoms. The Morgan fingerprint density at radius 2 is 1.84 bits per heavy atom. The first kappa shape index (κ1) is 20.8. The molecule has 2 aliphatic heterocycles. The number of carbonyl (C=O) groups is 2. The summed E-state index contributed by atoms with van der Waals surface area (Å²) in [7, 11) is 0. The molecule has 2 aromatic carbocycles. The van der Waals surface area contributed by atoms with Crippen molar-refractivity contribution in [3.05, 3.63) is 77.1 Å². The fourth-order valence-electron chi connectivity index (χ4n) is 5.30. The number of amides is 1. The lowest BCUT2D eigenvalue weighted by atomic mass is 9.77. The third-order valence-corrected chi connectivity index (χ3v) is 6.83. The molecule has 0 N–H and O–H groups in total. The fraction of sp³-hybridized carbons (Fsp3) is 0.407. The molecule has 0 spiro atoms. The molecule has 5 rings (SSSR count). The number of hydrogen-bond donors (Lipinski definition) is 0. The van der Waals surface area contributed by atoms with Gasteiger partial charge in [0.05, 0.1) is 24.1 Å². The number of ketones is 1. The van der Waals surface area contributed by atoms with Crippen molar-refractivity contribution in [3.8, 4) is 5.75 Å². The molecular weight excluding hydrogens is 402 g/mol. The highest BCUT2D eigenvalue weighted by atomic mass is 16.5. The number of benzene rings is 2. The molecule has 1 aliphatic carbocycles. The van der Waals surface area contributed by atoms with Gasteiger partial charge in [0, 0.05) is 6.54 Å². The van der Waals surface area contributed by atoms with Crippen molar-refractivity contribution in [2.75, 3.05) is 13.2 Å². The fourth-order valence-corrected chi connectivity index (χ4v) is 5.30. The Morgan fingerprint density at radius 1 is 1.03 bits per heavy atom. The molecule has 0 bridgehead atoms. The maximum atomic E-state index is 13.7. The highest BCUT2D eigenvalue weighted by Gasteiger charge is 2.51. The van der Waals surface area contributed by atoms with E-state index in [-0.39, 0.29) is 29.5 Å². The molecule has 1 amide bonds. The van der Waals surface area contributed by atoms with E-state index >= 15 is 0 Å². The minimum atomic E-state index is -0.433. The van der Waals surface area contributed by atoms with Crippen LogP contribution < -0.4 is 4.74 Å². The Balaban J connectivity index is 1.52. The molecule has 5 nitrogen and oxygen atoms in total. The second-order valence-corrected chi connectivity index (χ2v) is 8.80. The lowest BCUT2D eigenvalue weighted by Gasteiger charge is -2.35. The number of Topliss-reactive ketones (excluding diaryl/α,β-unsaturated/α-hetero) is 1. The van der Waals surface area contributed by atoms with E-state index < -0.39 is 6.04 Å². The lowest BCUT2D eigenvalue weighted by molar-refractivity contribution is -0.135. The zero-order valence-corrected chi connectivity index (χ0v) is 18.5. The first-order valence-electron chi connectivity index (χ1n) is 11.7. The smallest absolute Gasteiger partial charge is 0.290 e. The average Bonchev–Trinajstić information content (AvgIpc) is 3.11. The molecule has 0 aromatic heterocycles. The Morgan fingerprint density at radius 3 is 2.66 bits per heavy atom. The molecule has 5 heteroatoms. The van der Waals surface area contributed by atoms with Crippen LogP contribution in [0.25, 0.3) is 0 Å². The first-order valence-corrected chi connectivity index (χ1v) is 11.7. The van der Waals surface area contributed by atoms with Crippen LogP contribution in [0.2, 0.25) is 0 Å². The summed E-state index contributed by atoms with van der Waals surface area (Å²) in [5.41, 5.74) is 2.60. The van der Waals surface area contributed by atoms with Crippen molar-refractivity contribution in [2.24, 2.45) is 5.92 Å². The number of ether oxygens (including phenoxy) is 2. The van der Waals surface area contributed by atoms with Gasteiger partial charge in [0.25, 0.3) is 5.91 Å². The van der Waals surface area contributed by atoms with E-state index in [4.69, 9.17) is 9.47 Å². The van der Waals surface area contributed by atoms with Crippen molar-refractivity contribution < 1.29 is 19.1 Å². The van der Waals surface area contributed by atoms with Crippen LogP contribution in [-0.2, 0) is 20.7 Å². The predicted molar refractivity (Wildman–Crippen MR) is 121 cm³/mol. The second-order valence-electron chi connectivity index (χ2n) is 8.80. The molecule has 2 heterocycles. The van der Waals surface area contributed by atoms with Gasteiger partial charge in [-0.05, 0) is 55.9 Å². The number of carbonyl (C=O) groups excluding carboxylic acids is 2. The predicted octanol–water partition coefficient (Wildman–Crippen LogP) is 4.62. The maximum Gasteiger partial charge on any atom is 0.290 e. The van der Waals surface area contributed by atoms with E-state index in [1.807, 2.05) is 54.3 Å². The molecule has 0 saturated heterocycles. The minimum Gasteiger partial charge on any atom is -0.494 e. The van der Waals surface area contributed by atoms with Gasteiger partial charge in [0.1, 0.15) is 11.9 Å². The van der Waals surface area contributed by atoms with Crippen molar-refractivity contribution in [1.82, 2.24) is 4.90 Å². The Bertz CT molecular complexity index is 1040. The molecule has 3 unspecified atom stereocenters. The Kier molecular flexibility index (Phi) is 5.73. The third kappa shape index (κ3) is 3.70. The van der Waals surface area contributed by atoms with Crippen molar-refractivity contribution >= 4 is 11.7 Å². The summed E-state index contributed by atoms with van der Waals surface area (Å²) in [5, 5.41) is 0. The van der Waals surface area contributed by atoms with Gasteiger partial charge in [0.15, 0.2) is 11.5 Å². The van der Waals surface area contributed by atoms with Crippen molar-refractivity contribution in [1.29, 1.82) is 0 Å². The number of fused-ring (bicyclic) bond motifs is 1. The van der Waals surface area contributed by atoms with Crippen LogP contribution >= 0.6 is 0 Å². The average molecular weight is 432 g/mol. The van der Waals surface area contributed by atoms with Crippen LogP contribution in [0.4, 0.5) is 0 Å². The normalized spacial score (nSPS) is 24.8. The first-order chi connectivity index (χ1) is 15.7. The Labute approximate surface area is 189 Å². The maximum absolute atomic E-state index is 13.7. The molecule has 166 valence electrons. The molecular formula is C27H29NO4. The van der Waals surface area contributed by atoms with Crippen LogP contribution in [0.5, 0.6) is 5.75 Å². The van der Waals surface area contributed by atoms with Gasteiger partial charge in [-0.25, -0.2) is 0 Å². The molecule has 0 radical (unpaired) electrons. The molecule has 3 atom stereocenters. The summed E-state index contributed by atoms with van der Waals surface area (Å²) in [4.78, 5) is 29.0. The summed E-state index contributed by atoms with van der Waals surface area (Å²) >= 11 is 0. The number of rotatable bonds is 6. The topological polar surface area (TPSA) is 55.8 Å². The minimum absolute atomic E-state index is 0.0957. The van der Waals surface area contributed by atoms with Crippen molar-refractivity contribution in [2.45, 2.75) is 51.2 Å². The SMILES string of the molecule is CCOc1cccc(C2C3=C(OC4CCCCC4C3=O)C(=O)N2CCc2ccccc2)c1. The van der Waals surface area contributed by atoms with Crippen LogP contribution in [-0.4, -0.2) is 35.8 Å². The van der Waals surface area contributed by atoms with Gasteiger partial charge in [-0.15, -0.1) is 0 Å². The standard InChI is InChI=1S/C27H29NO4/c1-2-31-20-12-8-11-19(17-20)24-23-25(29)21-13-6-7-14-22(21)32-26(23)27(30)28(24)16-15-18-9-4-3-5-10-18/h3-5,8-12,17,21-22,24H,2,6-7,13-16H2,1H3. The van der Waals surface area contributed by atoms with E-state index in [0.29, 0.717) is 18.7 Å². The highest BCUT2D eigenvalue weighted by Crippen LogP contribution is 2.47. The van der Waals surface area contributed by atoms with Gasteiger partial charge < -0.3 is 14.4 Å². The zero-order valence-electron chi connectivity index (χ0n) is 18.5. The van der Waals surface area contributed by atoms with Crippen LogP contribution in [0.15, 0.2) is 65.9 Å². The van der Waals surface area contributed by atoms with Crippen LogP contribution in [0.3, 0.4) is 0 Å². The Hall–Kier alpha value is -3.08. The van der Waals surface area contributed by atoms with Gasteiger partial charge in [-0.3, -0.25) is 9.59 Å². The molecule has 2 aromatic rings. The van der Waals surface area contributed by atoms with Gasteiger partial charge in [-0.2, -0.15) is 0 Å². The highest BCUT2D eigenvalue weighted by molar-refractivity contribution is 6.11. The number of nitrogens with zero attached hydrogens (tertiary/aromatic N) is 1. The lowest BCUT2D eigenvalue weighted by Crippen LogP contribution is -2.39. The molecule has 1 fully saturated rings. The van der Waals surface area contributed by atoms with E-state index in [0.717, 1.165) is 49.0 Å². The largest absolute Gasteiger partial charge is 0.494 e. The quantitative estimate of drug-likeness (QED) is 0.670. The van der Waals surface area contributed by atoms with Crippen LogP contribution in [0, 0.1) is 5.92 Å². The monoisotopic (exact) mass is 431 g/mol. The van der Waals surface area contributed by atoms with Crippen LogP contribution in [0.1, 0.15) is 49.8 Å². The van der Waals surface area contributed by atoms with Gasteiger partial charge >= 0.3 is 0 Å². The second kappa shape index (κ2) is 8.81. The third-order valence-electron chi connectivity index (χ3n) is 6.83. The summed E-state index contributed by atoms with van der Waals surface area (Å²) in [5.74, 6) is 0.813. The van der Waals surface area contributed by atoms with E-state index in [1.54, 1.807) is 0 Å². The molecule has 3 aliphatic rings. The summed E-state index contributed by atoms with van der Waals surface area (Å²) in [6, 6.07) is 17.5. The van der Waals surface area contributed by atoms with Crippen molar-refractivity contribution in [3.63, 3.8) is 0 Å². The van der Waals surface area contributed by atoms with E-state index in [9.17, 15) is 9.59 Å². The summed E-state index contributed by atoms with van der Waals surface area (Å²) < 4.78 is 12.0. The van der Waals surface area contributed by atoms with Gasteiger partial charge in [-0.1, -0.05) is 48.9 Å². The van der Waals surface area contributed by atoms with E-state index in [2.05, 4.69) is 12.1 Å². The number of hydrogen-bond acceptors (Lipinski definition) is 4. The van der Waals surface area contributed by atoms with Gasteiger partial charge in [0.2, 0.25) is 0 Å². The van der Waals surface area contributed by atoms with E-state index in [1.165, 1.54) is 0 Å².